The predicted octanol–water partition coefficient (Wildman–Crippen LogP) is 4.27. The van der Waals surface area contributed by atoms with Gasteiger partial charge >= 0.3 is 0 Å². The molecule has 5 nitrogen and oxygen atoms in total. The van der Waals surface area contributed by atoms with Crippen molar-refractivity contribution in [3.05, 3.63) is 101 Å². The Morgan fingerprint density at radius 3 is 2.48 bits per heavy atom. The molecule has 4 rings (SSSR count). The lowest BCUT2D eigenvalue weighted by atomic mass is 10.1. The molecular weight excluding hydrogens is 417 g/mol. The standard InChI is InChI=1S/C24H24FNO4S/c25-23-9-5-4-8-21(23)18-31(27,28)26-12-13-30-24-11-10-20(14-22(24)15-26)17-29-16-19-6-2-1-3-7-19/h1-11,14H,12-13,15-18H2. The number of halogens is 1. The third kappa shape index (κ3) is 5.50. The van der Waals surface area contributed by atoms with Gasteiger partial charge in [-0.15, -0.1) is 0 Å². The first-order valence-corrected chi connectivity index (χ1v) is 11.7. The monoisotopic (exact) mass is 441 g/mol. The van der Waals surface area contributed by atoms with Crippen LogP contribution >= 0.6 is 0 Å². The molecule has 1 heterocycles. The van der Waals surface area contributed by atoms with Crippen LogP contribution in [-0.2, 0) is 40.3 Å². The van der Waals surface area contributed by atoms with Gasteiger partial charge in [-0.3, -0.25) is 0 Å². The van der Waals surface area contributed by atoms with Gasteiger partial charge in [0.15, 0.2) is 0 Å². The smallest absolute Gasteiger partial charge is 0.218 e. The van der Waals surface area contributed by atoms with E-state index in [1.54, 1.807) is 12.1 Å². The highest BCUT2D eigenvalue weighted by Gasteiger charge is 2.27. The van der Waals surface area contributed by atoms with Crippen molar-refractivity contribution in [2.45, 2.75) is 25.5 Å². The molecule has 0 aliphatic carbocycles. The molecule has 31 heavy (non-hydrogen) atoms. The highest BCUT2D eigenvalue weighted by Crippen LogP contribution is 2.27. The highest BCUT2D eigenvalue weighted by atomic mass is 32.2. The molecule has 0 unspecified atom stereocenters. The fourth-order valence-corrected chi connectivity index (χ4v) is 5.01. The first kappa shape index (κ1) is 21.5. The molecule has 7 heteroatoms. The van der Waals surface area contributed by atoms with Crippen LogP contribution in [0.1, 0.15) is 22.3 Å². The lowest BCUT2D eigenvalue weighted by Crippen LogP contribution is -2.33. The number of hydrogen-bond acceptors (Lipinski definition) is 4. The van der Waals surface area contributed by atoms with Crippen LogP contribution in [-0.4, -0.2) is 25.9 Å². The number of benzene rings is 3. The van der Waals surface area contributed by atoms with Crippen molar-refractivity contribution in [2.75, 3.05) is 13.2 Å². The molecule has 0 aromatic heterocycles. The van der Waals surface area contributed by atoms with Crippen LogP contribution in [0.3, 0.4) is 0 Å². The molecule has 3 aromatic rings. The number of ether oxygens (including phenoxy) is 2. The Hall–Kier alpha value is -2.74. The van der Waals surface area contributed by atoms with E-state index in [9.17, 15) is 12.8 Å². The molecule has 0 N–H and O–H groups in total. The van der Waals surface area contributed by atoms with Gasteiger partial charge in [-0.1, -0.05) is 54.6 Å². The number of nitrogens with zero attached hydrogens (tertiary/aromatic N) is 1. The van der Waals surface area contributed by atoms with E-state index in [-0.39, 0.29) is 31.0 Å². The van der Waals surface area contributed by atoms with E-state index in [1.807, 2.05) is 48.5 Å². The maximum absolute atomic E-state index is 14.0. The topological polar surface area (TPSA) is 55.8 Å². The van der Waals surface area contributed by atoms with Gasteiger partial charge in [0.25, 0.3) is 0 Å². The Balaban J connectivity index is 1.45. The van der Waals surface area contributed by atoms with Crippen LogP contribution in [0.5, 0.6) is 5.75 Å². The maximum Gasteiger partial charge on any atom is 0.218 e. The van der Waals surface area contributed by atoms with Gasteiger partial charge in [0, 0.05) is 24.2 Å². The van der Waals surface area contributed by atoms with E-state index in [0.29, 0.717) is 19.0 Å². The summed E-state index contributed by atoms with van der Waals surface area (Å²) in [6.45, 7) is 1.54. The van der Waals surface area contributed by atoms with Crippen LogP contribution in [0.25, 0.3) is 0 Å². The minimum Gasteiger partial charge on any atom is -0.492 e. The Bertz CT molecular complexity index is 1140. The third-order valence-electron chi connectivity index (χ3n) is 5.14. The Morgan fingerprint density at radius 1 is 0.935 bits per heavy atom. The van der Waals surface area contributed by atoms with Crippen molar-refractivity contribution in [3.63, 3.8) is 0 Å². The largest absolute Gasteiger partial charge is 0.492 e. The van der Waals surface area contributed by atoms with E-state index < -0.39 is 15.8 Å². The van der Waals surface area contributed by atoms with Crippen LogP contribution < -0.4 is 4.74 Å². The number of hydrogen-bond donors (Lipinski definition) is 0. The fourth-order valence-electron chi connectivity index (χ4n) is 3.52. The van der Waals surface area contributed by atoms with E-state index in [2.05, 4.69) is 0 Å². The minimum atomic E-state index is -3.71. The zero-order valence-corrected chi connectivity index (χ0v) is 17.9. The number of sulfonamides is 1. The molecule has 1 aliphatic rings. The molecular formula is C24H24FNO4S. The van der Waals surface area contributed by atoms with Crippen molar-refractivity contribution in [2.24, 2.45) is 0 Å². The third-order valence-corrected chi connectivity index (χ3v) is 6.91. The molecule has 0 fully saturated rings. The Kier molecular flexibility index (Phi) is 6.65. The molecule has 0 atom stereocenters. The summed E-state index contributed by atoms with van der Waals surface area (Å²) in [7, 11) is -3.71. The molecule has 0 spiro atoms. The van der Waals surface area contributed by atoms with Gasteiger partial charge in [0.2, 0.25) is 10.0 Å². The molecule has 162 valence electrons. The normalized spacial score (nSPS) is 14.5. The summed E-state index contributed by atoms with van der Waals surface area (Å²) in [5.74, 6) is -0.236. The first-order chi connectivity index (χ1) is 15.0. The van der Waals surface area contributed by atoms with Crippen molar-refractivity contribution in [1.29, 1.82) is 0 Å². The molecule has 3 aromatic carbocycles. The van der Waals surface area contributed by atoms with Crippen molar-refractivity contribution >= 4 is 10.0 Å². The summed E-state index contributed by atoms with van der Waals surface area (Å²) in [5.41, 5.74) is 2.96. The van der Waals surface area contributed by atoms with Gasteiger partial charge in [0.1, 0.15) is 18.2 Å². The predicted molar refractivity (Wildman–Crippen MR) is 116 cm³/mol. The van der Waals surface area contributed by atoms with Gasteiger partial charge in [0.05, 0.1) is 19.0 Å². The van der Waals surface area contributed by atoms with Crippen LogP contribution in [0.2, 0.25) is 0 Å². The lowest BCUT2D eigenvalue weighted by Gasteiger charge is -2.20. The van der Waals surface area contributed by atoms with E-state index in [0.717, 1.165) is 16.7 Å². The van der Waals surface area contributed by atoms with E-state index in [4.69, 9.17) is 9.47 Å². The zero-order valence-electron chi connectivity index (χ0n) is 17.0. The molecule has 0 saturated heterocycles. The minimum absolute atomic E-state index is 0.163. The van der Waals surface area contributed by atoms with Gasteiger partial charge in [-0.05, 0) is 29.3 Å². The average molecular weight is 442 g/mol. The summed E-state index contributed by atoms with van der Waals surface area (Å²) >= 11 is 0. The molecule has 0 amide bonds. The van der Waals surface area contributed by atoms with E-state index in [1.165, 1.54) is 16.4 Å². The molecule has 0 bridgehead atoms. The van der Waals surface area contributed by atoms with E-state index >= 15 is 0 Å². The number of fused-ring (bicyclic) bond motifs is 1. The summed E-state index contributed by atoms with van der Waals surface area (Å²) in [5, 5.41) is 0. The van der Waals surface area contributed by atoms with Crippen LogP contribution in [0.4, 0.5) is 4.39 Å². The lowest BCUT2D eigenvalue weighted by molar-refractivity contribution is 0.107. The maximum atomic E-state index is 14.0. The molecule has 1 aliphatic heterocycles. The summed E-state index contributed by atoms with van der Waals surface area (Å²) in [6, 6.07) is 21.5. The highest BCUT2D eigenvalue weighted by molar-refractivity contribution is 7.88. The quantitative estimate of drug-likeness (QED) is 0.550. The second-order valence-electron chi connectivity index (χ2n) is 7.45. The number of rotatable bonds is 7. The first-order valence-electron chi connectivity index (χ1n) is 10.1. The van der Waals surface area contributed by atoms with Crippen molar-refractivity contribution in [3.8, 4) is 5.75 Å². The second-order valence-corrected chi connectivity index (χ2v) is 9.42. The average Bonchev–Trinajstić information content (AvgIpc) is 2.99. The summed E-state index contributed by atoms with van der Waals surface area (Å²) in [4.78, 5) is 0. The SMILES string of the molecule is O=S(=O)(Cc1ccccc1F)N1CCOc2ccc(COCc3ccccc3)cc2C1. The summed E-state index contributed by atoms with van der Waals surface area (Å²) in [6.07, 6.45) is 0. The zero-order chi connectivity index (χ0) is 21.7. The fraction of sp³-hybridized carbons (Fsp3) is 0.250. The summed E-state index contributed by atoms with van der Waals surface area (Å²) < 4.78 is 52.8. The Morgan fingerprint density at radius 2 is 1.68 bits per heavy atom. The van der Waals surface area contributed by atoms with Crippen LogP contribution in [0.15, 0.2) is 72.8 Å². The van der Waals surface area contributed by atoms with Crippen molar-refractivity contribution in [1.82, 2.24) is 4.31 Å². The van der Waals surface area contributed by atoms with Gasteiger partial charge in [-0.25, -0.2) is 12.8 Å². The second kappa shape index (κ2) is 9.60. The van der Waals surface area contributed by atoms with Crippen molar-refractivity contribution < 1.29 is 22.3 Å². The van der Waals surface area contributed by atoms with Crippen LogP contribution in [0, 0.1) is 5.82 Å². The molecule has 0 radical (unpaired) electrons. The van der Waals surface area contributed by atoms with Gasteiger partial charge < -0.3 is 9.47 Å². The molecule has 0 saturated carbocycles. The Labute approximate surface area is 182 Å². The van der Waals surface area contributed by atoms with Gasteiger partial charge in [-0.2, -0.15) is 4.31 Å².